The molecule has 1 N–H and O–H groups in total. The van der Waals surface area contributed by atoms with Crippen LogP contribution in [-0.2, 0) is 6.42 Å². The number of hydrogen-bond donors (Lipinski definition) is 1. The number of thiophene rings is 2. The van der Waals surface area contributed by atoms with Gasteiger partial charge in [0, 0.05) is 11.4 Å². The van der Waals surface area contributed by atoms with E-state index >= 15 is 0 Å². The first kappa shape index (κ1) is 16.7. The number of benzene rings is 1. The van der Waals surface area contributed by atoms with Gasteiger partial charge in [-0.1, -0.05) is 30.3 Å². The Hall–Kier alpha value is -2.77. The summed E-state index contributed by atoms with van der Waals surface area (Å²) in [4.78, 5) is 19.2. The highest BCUT2D eigenvalue weighted by Crippen LogP contribution is 2.25. The van der Waals surface area contributed by atoms with E-state index in [1.54, 1.807) is 27.4 Å². The van der Waals surface area contributed by atoms with Gasteiger partial charge >= 0.3 is 0 Å². The molecule has 0 aliphatic carbocycles. The number of rotatable bonds is 6. The van der Waals surface area contributed by atoms with Crippen molar-refractivity contribution in [3.63, 3.8) is 0 Å². The molecule has 5 nitrogen and oxygen atoms in total. The monoisotopic (exact) mass is 380 g/mol. The molecule has 4 aromatic rings. The number of para-hydroxylation sites is 1. The molecule has 0 aliphatic heterocycles. The summed E-state index contributed by atoms with van der Waals surface area (Å²) in [6, 6.07) is 17.7. The van der Waals surface area contributed by atoms with Crippen molar-refractivity contribution in [2.45, 2.75) is 6.42 Å². The molecule has 130 valence electrons. The van der Waals surface area contributed by atoms with Crippen LogP contribution < -0.4 is 5.32 Å². The second-order valence-electron chi connectivity index (χ2n) is 5.57. The number of amides is 1. The van der Waals surface area contributed by atoms with E-state index in [0.29, 0.717) is 12.4 Å². The molecule has 4 rings (SSSR count). The van der Waals surface area contributed by atoms with Gasteiger partial charge in [-0.3, -0.25) is 4.79 Å². The molecule has 0 fully saturated rings. The Labute approximate surface area is 159 Å². The van der Waals surface area contributed by atoms with E-state index in [1.165, 1.54) is 4.88 Å². The molecular weight excluding hydrogens is 364 g/mol. The summed E-state index contributed by atoms with van der Waals surface area (Å²) in [5, 5.41) is 11.4. The summed E-state index contributed by atoms with van der Waals surface area (Å²) < 4.78 is 1.72. The second-order valence-corrected chi connectivity index (χ2v) is 7.55. The molecule has 0 bridgehead atoms. The Morgan fingerprint density at radius 3 is 2.54 bits per heavy atom. The molecule has 7 heteroatoms. The summed E-state index contributed by atoms with van der Waals surface area (Å²) in [7, 11) is 0. The maximum Gasteiger partial charge on any atom is 0.291 e. The summed E-state index contributed by atoms with van der Waals surface area (Å²) in [6.07, 6.45) is 0.806. The van der Waals surface area contributed by atoms with Gasteiger partial charge in [-0.25, -0.2) is 9.67 Å². The first-order chi connectivity index (χ1) is 12.8. The van der Waals surface area contributed by atoms with Gasteiger partial charge in [0.05, 0.1) is 10.6 Å². The lowest BCUT2D eigenvalue weighted by Crippen LogP contribution is -2.26. The lowest BCUT2D eigenvalue weighted by molar-refractivity contribution is 0.0944. The Balaban J connectivity index is 1.57. The lowest BCUT2D eigenvalue weighted by Gasteiger charge is -2.03. The zero-order valence-corrected chi connectivity index (χ0v) is 15.5. The third kappa shape index (κ3) is 3.58. The number of nitrogens with zero attached hydrogens (tertiary/aromatic N) is 3. The highest BCUT2D eigenvalue weighted by molar-refractivity contribution is 7.13. The molecule has 3 heterocycles. The van der Waals surface area contributed by atoms with Gasteiger partial charge < -0.3 is 5.32 Å². The Morgan fingerprint density at radius 2 is 1.81 bits per heavy atom. The van der Waals surface area contributed by atoms with Gasteiger partial charge in [0.25, 0.3) is 5.91 Å². The van der Waals surface area contributed by atoms with Crippen LogP contribution in [0.4, 0.5) is 0 Å². The van der Waals surface area contributed by atoms with Crippen molar-refractivity contribution in [1.29, 1.82) is 0 Å². The lowest BCUT2D eigenvalue weighted by atomic mass is 10.3. The Bertz CT molecular complexity index is 976. The third-order valence-corrected chi connectivity index (χ3v) is 5.59. The molecule has 26 heavy (non-hydrogen) atoms. The first-order valence-electron chi connectivity index (χ1n) is 8.18. The molecule has 0 spiro atoms. The second kappa shape index (κ2) is 7.63. The van der Waals surface area contributed by atoms with Crippen LogP contribution in [0.25, 0.3) is 16.4 Å². The van der Waals surface area contributed by atoms with E-state index in [-0.39, 0.29) is 11.7 Å². The minimum absolute atomic E-state index is 0.184. The van der Waals surface area contributed by atoms with Crippen LogP contribution in [0.2, 0.25) is 0 Å². The number of carbonyl (C=O) groups excluding carboxylic acids is 1. The van der Waals surface area contributed by atoms with E-state index in [9.17, 15) is 4.79 Å². The van der Waals surface area contributed by atoms with Crippen molar-refractivity contribution in [2.24, 2.45) is 0 Å². The quantitative estimate of drug-likeness (QED) is 0.549. The zero-order chi connectivity index (χ0) is 17.8. The van der Waals surface area contributed by atoms with Crippen LogP contribution in [0.15, 0.2) is 65.4 Å². The maximum atomic E-state index is 12.5. The van der Waals surface area contributed by atoms with Crippen molar-refractivity contribution < 1.29 is 4.79 Å². The zero-order valence-electron chi connectivity index (χ0n) is 13.8. The molecule has 0 unspecified atom stereocenters. The summed E-state index contributed by atoms with van der Waals surface area (Å²) in [5.74, 6) is 0.604. The molecular formula is C19H16N4OS2. The molecule has 0 saturated carbocycles. The largest absolute Gasteiger partial charge is 0.349 e. The van der Waals surface area contributed by atoms with E-state index in [0.717, 1.165) is 17.0 Å². The fourth-order valence-corrected chi connectivity index (χ4v) is 3.96. The first-order valence-corrected chi connectivity index (χ1v) is 9.94. The Kier molecular flexibility index (Phi) is 4.90. The van der Waals surface area contributed by atoms with Crippen LogP contribution in [0.3, 0.4) is 0 Å². The van der Waals surface area contributed by atoms with Crippen molar-refractivity contribution in [3.8, 4) is 16.4 Å². The van der Waals surface area contributed by atoms with Crippen LogP contribution in [0, 0.1) is 0 Å². The van der Waals surface area contributed by atoms with Crippen LogP contribution in [0.1, 0.15) is 15.5 Å². The predicted octanol–water partition coefficient (Wildman–Crippen LogP) is 4.03. The number of carbonyl (C=O) groups is 1. The van der Waals surface area contributed by atoms with Gasteiger partial charge in [0.15, 0.2) is 5.82 Å². The third-order valence-electron chi connectivity index (χ3n) is 3.79. The fourth-order valence-electron chi connectivity index (χ4n) is 2.56. The highest BCUT2D eigenvalue weighted by atomic mass is 32.1. The molecule has 0 aliphatic rings. The van der Waals surface area contributed by atoms with Gasteiger partial charge in [-0.05, 0) is 41.4 Å². The summed E-state index contributed by atoms with van der Waals surface area (Å²) in [5.41, 5.74) is 0.876. The fraction of sp³-hybridized carbons (Fsp3) is 0.105. The molecule has 0 radical (unpaired) electrons. The molecule has 1 amide bonds. The number of nitrogens with one attached hydrogen (secondary N) is 1. The van der Waals surface area contributed by atoms with E-state index < -0.39 is 0 Å². The van der Waals surface area contributed by atoms with E-state index in [1.807, 2.05) is 59.3 Å². The van der Waals surface area contributed by atoms with Crippen LogP contribution >= 0.6 is 22.7 Å². The molecule has 3 aromatic heterocycles. The number of aromatic nitrogens is 3. The number of hydrogen-bond acceptors (Lipinski definition) is 5. The molecule has 1 aromatic carbocycles. The van der Waals surface area contributed by atoms with Crippen molar-refractivity contribution in [2.75, 3.05) is 6.54 Å². The van der Waals surface area contributed by atoms with Gasteiger partial charge in [-0.2, -0.15) is 0 Å². The topological polar surface area (TPSA) is 59.8 Å². The van der Waals surface area contributed by atoms with Gasteiger partial charge in [0.1, 0.15) is 0 Å². The average molecular weight is 380 g/mol. The summed E-state index contributed by atoms with van der Waals surface area (Å²) in [6.45, 7) is 0.563. The smallest absolute Gasteiger partial charge is 0.291 e. The molecule has 0 atom stereocenters. The minimum Gasteiger partial charge on any atom is -0.349 e. The van der Waals surface area contributed by atoms with Crippen molar-refractivity contribution in [1.82, 2.24) is 20.1 Å². The van der Waals surface area contributed by atoms with Gasteiger partial charge in [0.2, 0.25) is 5.82 Å². The predicted molar refractivity (Wildman–Crippen MR) is 105 cm³/mol. The standard InChI is InChI=1S/C19H16N4OS2/c24-19(20-11-10-15-8-4-12-25-15)17-21-18(16-9-5-13-26-16)23(22-17)14-6-2-1-3-7-14/h1-9,12-13H,10-11H2,(H,20,24). The van der Waals surface area contributed by atoms with Crippen molar-refractivity contribution in [3.05, 3.63) is 76.1 Å². The highest BCUT2D eigenvalue weighted by Gasteiger charge is 2.19. The minimum atomic E-state index is -0.256. The maximum absolute atomic E-state index is 12.5. The molecule has 0 saturated heterocycles. The van der Waals surface area contributed by atoms with Gasteiger partial charge in [-0.15, -0.1) is 27.8 Å². The van der Waals surface area contributed by atoms with E-state index in [2.05, 4.69) is 21.5 Å². The van der Waals surface area contributed by atoms with Crippen molar-refractivity contribution >= 4 is 28.6 Å². The van der Waals surface area contributed by atoms with Crippen LogP contribution in [0.5, 0.6) is 0 Å². The summed E-state index contributed by atoms with van der Waals surface area (Å²) >= 11 is 3.26. The van der Waals surface area contributed by atoms with E-state index in [4.69, 9.17) is 0 Å². The average Bonchev–Trinajstić information content (AvgIpc) is 3.42. The normalized spacial score (nSPS) is 10.8. The Morgan fingerprint density at radius 1 is 1.00 bits per heavy atom. The van der Waals surface area contributed by atoms with Crippen LogP contribution in [-0.4, -0.2) is 27.2 Å². The SMILES string of the molecule is O=C(NCCc1cccs1)c1nc(-c2cccs2)n(-c2ccccc2)n1.